The van der Waals surface area contributed by atoms with Gasteiger partial charge >= 0.3 is 6.03 Å². The maximum Gasteiger partial charge on any atom is 0.329 e. The van der Waals surface area contributed by atoms with Crippen molar-refractivity contribution in [3.63, 3.8) is 0 Å². The minimum atomic E-state index is -0.393. The monoisotopic (exact) mass is 369 g/mol. The van der Waals surface area contributed by atoms with Crippen LogP contribution in [-0.4, -0.2) is 52.3 Å². The van der Waals surface area contributed by atoms with Crippen LogP contribution < -0.4 is 10.2 Å². The Morgan fingerprint density at radius 3 is 2.78 bits per heavy atom. The maximum absolute atomic E-state index is 12.2. The smallest absolute Gasteiger partial charge is 0.300 e. The average Bonchev–Trinajstić information content (AvgIpc) is 2.98. The predicted octanol–water partition coefficient (Wildman–Crippen LogP) is 2.61. The molecule has 2 saturated heterocycles. The standard InChI is InChI=1S/C20H27N5O2/c1-13(2)24-9-4-5-15(12-24)14-6-7-16-17(11-14)23(3)22-19(16)25-10-8-18(26)21-20(25)27/h6-7,11,13,15H,4-5,8-10,12H2,1-3H3,(H,21,26,27)/t15-/m1/s1. The number of likely N-dealkylation sites (tertiary alicyclic amines) is 1. The Labute approximate surface area is 159 Å². The lowest BCUT2D eigenvalue weighted by atomic mass is 9.89. The van der Waals surface area contributed by atoms with Gasteiger partial charge in [-0.05, 0) is 56.8 Å². The van der Waals surface area contributed by atoms with E-state index >= 15 is 0 Å². The van der Waals surface area contributed by atoms with Gasteiger partial charge < -0.3 is 4.90 Å². The number of anilines is 1. The normalized spacial score (nSPS) is 21.9. The Kier molecular flexibility index (Phi) is 4.63. The van der Waals surface area contributed by atoms with Crippen LogP contribution >= 0.6 is 0 Å². The Bertz CT molecular complexity index is 888. The minimum Gasteiger partial charge on any atom is -0.300 e. The van der Waals surface area contributed by atoms with Crippen LogP contribution in [0.25, 0.3) is 10.9 Å². The number of aryl methyl sites for hydroxylation is 1. The quantitative estimate of drug-likeness (QED) is 0.903. The van der Waals surface area contributed by atoms with E-state index in [2.05, 4.69) is 47.4 Å². The zero-order chi connectivity index (χ0) is 19.1. The predicted molar refractivity (Wildman–Crippen MR) is 105 cm³/mol. The number of urea groups is 1. The number of fused-ring (bicyclic) bond motifs is 1. The summed E-state index contributed by atoms with van der Waals surface area (Å²) in [4.78, 5) is 27.7. The van der Waals surface area contributed by atoms with Crippen LogP contribution in [0.2, 0.25) is 0 Å². The van der Waals surface area contributed by atoms with E-state index in [1.165, 1.54) is 24.9 Å². The zero-order valence-electron chi connectivity index (χ0n) is 16.2. The molecule has 3 amide bonds. The Morgan fingerprint density at radius 2 is 2.04 bits per heavy atom. The summed E-state index contributed by atoms with van der Waals surface area (Å²) in [5, 5.41) is 7.90. The Balaban J connectivity index is 1.65. The molecule has 0 saturated carbocycles. The second-order valence-corrected chi connectivity index (χ2v) is 7.91. The molecule has 4 rings (SSSR count). The summed E-state index contributed by atoms with van der Waals surface area (Å²) in [5.74, 6) is 0.919. The number of imide groups is 1. The number of nitrogens with zero attached hydrogens (tertiary/aromatic N) is 4. The molecular weight excluding hydrogens is 342 g/mol. The van der Waals surface area contributed by atoms with E-state index in [9.17, 15) is 9.59 Å². The first-order chi connectivity index (χ1) is 12.9. The summed E-state index contributed by atoms with van der Waals surface area (Å²) in [6.45, 7) is 7.14. The van der Waals surface area contributed by atoms with E-state index in [0.29, 0.717) is 30.7 Å². The van der Waals surface area contributed by atoms with Crippen LogP contribution in [0.3, 0.4) is 0 Å². The molecule has 0 unspecified atom stereocenters. The third-order valence-corrected chi connectivity index (χ3v) is 5.82. The molecule has 1 N–H and O–H groups in total. The van der Waals surface area contributed by atoms with Crippen molar-refractivity contribution in [3.8, 4) is 0 Å². The van der Waals surface area contributed by atoms with E-state index in [0.717, 1.165) is 17.4 Å². The molecular formula is C20H27N5O2. The highest BCUT2D eigenvalue weighted by Crippen LogP contribution is 2.33. The summed E-state index contributed by atoms with van der Waals surface area (Å²) < 4.78 is 1.83. The lowest BCUT2D eigenvalue weighted by Gasteiger charge is -2.35. The topological polar surface area (TPSA) is 70.5 Å². The van der Waals surface area contributed by atoms with Crippen molar-refractivity contribution in [1.82, 2.24) is 20.0 Å². The number of carbonyl (C=O) groups is 2. The summed E-state index contributed by atoms with van der Waals surface area (Å²) in [6.07, 6.45) is 2.73. The third-order valence-electron chi connectivity index (χ3n) is 5.82. The van der Waals surface area contributed by atoms with Crippen molar-refractivity contribution < 1.29 is 9.59 Å². The SMILES string of the molecule is CC(C)N1CCC[C@@H](c2ccc3c(N4CCC(=O)NC4=O)nn(C)c3c2)C1. The number of benzene rings is 1. The number of amides is 3. The summed E-state index contributed by atoms with van der Waals surface area (Å²) in [7, 11) is 1.91. The number of hydrogen-bond donors (Lipinski definition) is 1. The van der Waals surface area contributed by atoms with Gasteiger partial charge in [-0.25, -0.2) is 4.79 Å². The summed E-state index contributed by atoms with van der Waals surface area (Å²) in [6, 6.07) is 6.64. The van der Waals surface area contributed by atoms with Gasteiger partial charge in [-0.2, -0.15) is 5.10 Å². The van der Waals surface area contributed by atoms with Gasteiger partial charge in [0, 0.05) is 38.0 Å². The van der Waals surface area contributed by atoms with E-state index in [4.69, 9.17) is 0 Å². The Morgan fingerprint density at radius 1 is 1.22 bits per heavy atom. The number of hydrogen-bond acceptors (Lipinski definition) is 4. The molecule has 144 valence electrons. The fourth-order valence-corrected chi connectivity index (χ4v) is 4.22. The molecule has 7 nitrogen and oxygen atoms in total. The first-order valence-electron chi connectivity index (χ1n) is 9.76. The molecule has 3 heterocycles. The van der Waals surface area contributed by atoms with Crippen LogP contribution in [0, 0.1) is 0 Å². The first-order valence-corrected chi connectivity index (χ1v) is 9.76. The minimum absolute atomic E-state index is 0.231. The molecule has 0 aliphatic carbocycles. The lowest BCUT2D eigenvalue weighted by Crippen LogP contribution is -2.49. The Hall–Kier alpha value is -2.41. The molecule has 27 heavy (non-hydrogen) atoms. The number of aromatic nitrogens is 2. The van der Waals surface area contributed by atoms with Gasteiger partial charge in [0.1, 0.15) is 0 Å². The van der Waals surface area contributed by atoms with Crippen molar-refractivity contribution >= 4 is 28.7 Å². The van der Waals surface area contributed by atoms with E-state index < -0.39 is 6.03 Å². The summed E-state index contributed by atoms with van der Waals surface area (Å²) in [5.41, 5.74) is 2.36. The van der Waals surface area contributed by atoms with Crippen molar-refractivity contribution in [1.29, 1.82) is 0 Å². The van der Waals surface area contributed by atoms with Gasteiger partial charge in [0.25, 0.3) is 0 Å². The fourth-order valence-electron chi connectivity index (χ4n) is 4.22. The van der Waals surface area contributed by atoms with Crippen LogP contribution in [-0.2, 0) is 11.8 Å². The molecule has 1 atom stereocenters. The van der Waals surface area contributed by atoms with E-state index in [-0.39, 0.29) is 5.91 Å². The number of nitrogens with one attached hydrogen (secondary N) is 1. The molecule has 2 aliphatic heterocycles. The molecule has 0 radical (unpaired) electrons. The highest BCUT2D eigenvalue weighted by Gasteiger charge is 2.29. The van der Waals surface area contributed by atoms with Gasteiger partial charge in [-0.1, -0.05) is 6.07 Å². The van der Waals surface area contributed by atoms with Crippen LogP contribution in [0.5, 0.6) is 0 Å². The van der Waals surface area contributed by atoms with Gasteiger partial charge in [0.2, 0.25) is 5.91 Å². The van der Waals surface area contributed by atoms with Crippen LogP contribution in [0.15, 0.2) is 18.2 Å². The second kappa shape index (κ2) is 6.96. The number of piperidine rings is 1. The second-order valence-electron chi connectivity index (χ2n) is 7.91. The average molecular weight is 369 g/mol. The zero-order valence-corrected chi connectivity index (χ0v) is 16.2. The van der Waals surface area contributed by atoms with Crippen LogP contribution in [0.4, 0.5) is 10.6 Å². The van der Waals surface area contributed by atoms with E-state index in [1.807, 2.05) is 11.7 Å². The molecule has 1 aromatic heterocycles. The van der Waals surface area contributed by atoms with Crippen LogP contribution in [0.1, 0.15) is 44.6 Å². The van der Waals surface area contributed by atoms with Gasteiger partial charge in [-0.3, -0.25) is 19.7 Å². The maximum atomic E-state index is 12.2. The van der Waals surface area contributed by atoms with Crippen molar-refractivity contribution in [2.45, 2.75) is 45.1 Å². The molecule has 0 spiro atoms. The lowest BCUT2D eigenvalue weighted by molar-refractivity contribution is -0.120. The largest absolute Gasteiger partial charge is 0.329 e. The highest BCUT2D eigenvalue weighted by molar-refractivity contribution is 6.08. The highest BCUT2D eigenvalue weighted by atomic mass is 16.2. The van der Waals surface area contributed by atoms with Crippen molar-refractivity contribution in [3.05, 3.63) is 23.8 Å². The molecule has 1 aromatic carbocycles. The molecule has 2 aliphatic rings. The summed E-state index contributed by atoms with van der Waals surface area (Å²) >= 11 is 0. The fraction of sp³-hybridized carbons (Fsp3) is 0.550. The molecule has 0 bridgehead atoms. The molecule has 2 aromatic rings. The molecule has 7 heteroatoms. The van der Waals surface area contributed by atoms with Crippen molar-refractivity contribution in [2.24, 2.45) is 7.05 Å². The van der Waals surface area contributed by atoms with Gasteiger partial charge in [-0.15, -0.1) is 0 Å². The number of rotatable bonds is 3. The molecule has 2 fully saturated rings. The third kappa shape index (κ3) is 3.32. The van der Waals surface area contributed by atoms with Crippen molar-refractivity contribution in [2.75, 3.05) is 24.5 Å². The van der Waals surface area contributed by atoms with E-state index in [1.54, 1.807) is 4.90 Å². The number of carbonyl (C=O) groups excluding carboxylic acids is 2. The van der Waals surface area contributed by atoms with Gasteiger partial charge in [0.15, 0.2) is 5.82 Å². The first kappa shape index (κ1) is 18.0. The van der Waals surface area contributed by atoms with Gasteiger partial charge in [0.05, 0.1) is 5.52 Å².